The molecule has 1 rings (SSSR count). The molecule has 102 valence electrons. The van der Waals surface area contributed by atoms with Gasteiger partial charge in [0.25, 0.3) is 0 Å². The van der Waals surface area contributed by atoms with Gasteiger partial charge in [0.05, 0.1) is 28.2 Å². The third-order valence-corrected chi connectivity index (χ3v) is 3.96. The molecule has 0 N–H and O–H groups in total. The standard InChI is InChI=1S/C13H15FN2O2S/c1-16(9-4-8-15)13(17)7-10-19(18)12-6-3-2-5-11(12)14/h2-3,5-6H,4,7,9-10H2,1H3. The lowest BCUT2D eigenvalue weighted by molar-refractivity contribution is -0.129. The van der Waals surface area contributed by atoms with Crippen molar-refractivity contribution >= 4 is 16.7 Å². The van der Waals surface area contributed by atoms with Crippen molar-refractivity contribution in [2.45, 2.75) is 17.7 Å². The maximum atomic E-state index is 13.4. The third-order valence-electron chi connectivity index (χ3n) is 2.57. The van der Waals surface area contributed by atoms with Crippen molar-refractivity contribution in [1.82, 2.24) is 4.90 Å². The Morgan fingerprint density at radius 3 is 2.79 bits per heavy atom. The molecule has 0 saturated carbocycles. The molecule has 0 heterocycles. The van der Waals surface area contributed by atoms with Crippen LogP contribution in [-0.4, -0.2) is 34.4 Å². The second-order valence-electron chi connectivity index (χ2n) is 3.95. The fourth-order valence-corrected chi connectivity index (χ4v) is 2.55. The van der Waals surface area contributed by atoms with E-state index < -0.39 is 16.6 Å². The van der Waals surface area contributed by atoms with E-state index in [1.54, 1.807) is 13.1 Å². The van der Waals surface area contributed by atoms with Crippen molar-refractivity contribution in [2.24, 2.45) is 0 Å². The van der Waals surface area contributed by atoms with E-state index in [4.69, 9.17) is 5.26 Å². The molecule has 1 unspecified atom stereocenters. The summed E-state index contributed by atoms with van der Waals surface area (Å²) in [7, 11) is 0.0637. The molecular weight excluding hydrogens is 267 g/mol. The molecule has 0 radical (unpaired) electrons. The van der Waals surface area contributed by atoms with Crippen LogP contribution in [0.1, 0.15) is 12.8 Å². The molecule has 0 bridgehead atoms. The highest BCUT2D eigenvalue weighted by atomic mass is 32.2. The minimum absolute atomic E-state index is 0.0723. The van der Waals surface area contributed by atoms with Crippen LogP contribution in [0, 0.1) is 17.1 Å². The first-order chi connectivity index (χ1) is 9.06. The molecule has 0 aliphatic carbocycles. The van der Waals surface area contributed by atoms with Crippen molar-refractivity contribution in [3.8, 4) is 6.07 Å². The number of hydrogen-bond acceptors (Lipinski definition) is 3. The number of halogens is 1. The number of hydrogen-bond donors (Lipinski definition) is 0. The Balaban J connectivity index is 2.49. The van der Waals surface area contributed by atoms with Crippen LogP contribution < -0.4 is 0 Å². The zero-order valence-electron chi connectivity index (χ0n) is 10.6. The van der Waals surface area contributed by atoms with E-state index in [1.807, 2.05) is 6.07 Å². The Kier molecular flexibility index (Phi) is 6.16. The number of benzene rings is 1. The Bertz CT molecular complexity index is 514. The van der Waals surface area contributed by atoms with Crippen LogP contribution in [-0.2, 0) is 15.6 Å². The molecule has 1 atom stereocenters. The average Bonchev–Trinajstić information content (AvgIpc) is 2.42. The molecular formula is C13H15FN2O2S. The second-order valence-corrected chi connectivity index (χ2v) is 5.49. The van der Waals surface area contributed by atoms with Crippen LogP contribution in [0.25, 0.3) is 0 Å². The summed E-state index contributed by atoms with van der Waals surface area (Å²) in [5, 5.41) is 8.42. The first-order valence-electron chi connectivity index (χ1n) is 5.80. The molecule has 1 aromatic carbocycles. The quantitative estimate of drug-likeness (QED) is 0.797. The highest BCUT2D eigenvalue weighted by Crippen LogP contribution is 2.12. The van der Waals surface area contributed by atoms with Gasteiger partial charge in [0.2, 0.25) is 5.91 Å². The van der Waals surface area contributed by atoms with Gasteiger partial charge in [0.1, 0.15) is 5.82 Å². The molecule has 0 fully saturated rings. The van der Waals surface area contributed by atoms with Crippen LogP contribution in [0.15, 0.2) is 29.2 Å². The SMILES string of the molecule is CN(CCC#N)C(=O)CCS(=O)c1ccccc1F. The summed E-state index contributed by atoms with van der Waals surface area (Å²) >= 11 is 0. The first kappa shape index (κ1) is 15.3. The number of amides is 1. The van der Waals surface area contributed by atoms with Crippen LogP contribution in [0.2, 0.25) is 0 Å². The van der Waals surface area contributed by atoms with E-state index in [0.29, 0.717) is 6.54 Å². The minimum atomic E-state index is -1.53. The van der Waals surface area contributed by atoms with Gasteiger partial charge < -0.3 is 4.90 Å². The largest absolute Gasteiger partial charge is 0.345 e. The topological polar surface area (TPSA) is 61.2 Å². The Labute approximate surface area is 114 Å². The van der Waals surface area contributed by atoms with Crippen molar-refractivity contribution < 1.29 is 13.4 Å². The van der Waals surface area contributed by atoms with E-state index in [-0.39, 0.29) is 29.4 Å². The Morgan fingerprint density at radius 2 is 2.16 bits per heavy atom. The monoisotopic (exact) mass is 282 g/mol. The van der Waals surface area contributed by atoms with E-state index >= 15 is 0 Å². The number of carbonyl (C=O) groups is 1. The van der Waals surface area contributed by atoms with Gasteiger partial charge in [0.15, 0.2) is 0 Å². The van der Waals surface area contributed by atoms with Gasteiger partial charge in [-0.15, -0.1) is 0 Å². The molecule has 1 aromatic rings. The first-order valence-corrected chi connectivity index (χ1v) is 7.12. The van der Waals surface area contributed by atoms with Crippen molar-refractivity contribution in [3.05, 3.63) is 30.1 Å². The van der Waals surface area contributed by atoms with Crippen LogP contribution in [0.5, 0.6) is 0 Å². The van der Waals surface area contributed by atoms with E-state index in [9.17, 15) is 13.4 Å². The molecule has 0 aliphatic heterocycles. The maximum Gasteiger partial charge on any atom is 0.223 e. The van der Waals surface area contributed by atoms with Gasteiger partial charge in [-0.2, -0.15) is 5.26 Å². The summed E-state index contributed by atoms with van der Waals surface area (Å²) in [5.41, 5.74) is 0. The highest BCUT2D eigenvalue weighted by molar-refractivity contribution is 7.85. The smallest absolute Gasteiger partial charge is 0.223 e. The fraction of sp³-hybridized carbons (Fsp3) is 0.385. The van der Waals surface area contributed by atoms with Crippen molar-refractivity contribution in [2.75, 3.05) is 19.3 Å². The molecule has 6 heteroatoms. The Morgan fingerprint density at radius 1 is 1.47 bits per heavy atom. The number of nitriles is 1. The fourth-order valence-electron chi connectivity index (χ4n) is 1.45. The maximum absolute atomic E-state index is 13.4. The summed E-state index contributed by atoms with van der Waals surface area (Å²) in [4.78, 5) is 13.2. The van der Waals surface area contributed by atoms with Crippen molar-refractivity contribution in [1.29, 1.82) is 5.26 Å². The summed E-state index contributed by atoms with van der Waals surface area (Å²) < 4.78 is 25.2. The minimum Gasteiger partial charge on any atom is -0.345 e. The second kappa shape index (κ2) is 7.64. The lowest BCUT2D eigenvalue weighted by atomic mass is 10.3. The average molecular weight is 282 g/mol. The normalized spacial score (nSPS) is 11.6. The number of carbonyl (C=O) groups excluding carboxylic acids is 1. The van der Waals surface area contributed by atoms with E-state index in [2.05, 4.69) is 0 Å². The zero-order valence-corrected chi connectivity index (χ0v) is 11.5. The van der Waals surface area contributed by atoms with Gasteiger partial charge >= 0.3 is 0 Å². The lowest BCUT2D eigenvalue weighted by Crippen LogP contribution is -2.28. The molecule has 0 aliphatic rings. The van der Waals surface area contributed by atoms with Gasteiger partial charge in [-0.25, -0.2) is 4.39 Å². The number of nitrogens with zero attached hydrogens (tertiary/aromatic N) is 2. The number of rotatable bonds is 6. The molecule has 19 heavy (non-hydrogen) atoms. The third kappa shape index (κ3) is 4.79. The highest BCUT2D eigenvalue weighted by Gasteiger charge is 2.13. The van der Waals surface area contributed by atoms with Gasteiger partial charge in [0, 0.05) is 25.8 Å². The summed E-state index contributed by atoms with van der Waals surface area (Å²) in [6.07, 6.45) is 0.335. The van der Waals surface area contributed by atoms with E-state index in [0.717, 1.165) is 0 Å². The predicted molar refractivity (Wildman–Crippen MR) is 70.2 cm³/mol. The van der Waals surface area contributed by atoms with Crippen LogP contribution in [0.4, 0.5) is 4.39 Å². The molecule has 4 nitrogen and oxygen atoms in total. The van der Waals surface area contributed by atoms with Gasteiger partial charge in [-0.05, 0) is 12.1 Å². The molecule has 0 spiro atoms. The molecule has 1 amide bonds. The summed E-state index contributed by atoms with van der Waals surface area (Å²) in [6.45, 7) is 0.349. The van der Waals surface area contributed by atoms with Crippen LogP contribution in [0.3, 0.4) is 0 Å². The van der Waals surface area contributed by atoms with E-state index in [1.165, 1.54) is 23.1 Å². The van der Waals surface area contributed by atoms with Gasteiger partial charge in [-0.3, -0.25) is 9.00 Å². The van der Waals surface area contributed by atoms with Crippen molar-refractivity contribution in [3.63, 3.8) is 0 Å². The van der Waals surface area contributed by atoms with Gasteiger partial charge in [-0.1, -0.05) is 12.1 Å². The van der Waals surface area contributed by atoms with Crippen LogP contribution >= 0.6 is 0 Å². The Hall–Kier alpha value is -1.74. The molecule has 0 saturated heterocycles. The predicted octanol–water partition coefficient (Wildman–Crippen LogP) is 1.70. The summed E-state index contributed by atoms with van der Waals surface area (Å²) in [6, 6.07) is 7.78. The lowest BCUT2D eigenvalue weighted by Gasteiger charge is -2.15. The zero-order chi connectivity index (χ0) is 14.3. The molecule has 0 aromatic heterocycles. The summed E-state index contributed by atoms with van der Waals surface area (Å²) in [5.74, 6) is -0.637.